The second-order valence-corrected chi connectivity index (χ2v) is 5.25. The SMILES string of the molecule is CCOc1ccc(Nc2ncnc(Nc3ccccc3)c2[N+](=O)[O-])cc1. The number of nitro groups is 1. The van der Waals surface area contributed by atoms with Crippen LogP contribution >= 0.6 is 0 Å². The van der Waals surface area contributed by atoms with Crippen molar-refractivity contribution in [3.63, 3.8) is 0 Å². The van der Waals surface area contributed by atoms with Crippen LogP contribution in [0.2, 0.25) is 0 Å². The fraction of sp³-hybridized carbons (Fsp3) is 0.111. The summed E-state index contributed by atoms with van der Waals surface area (Å²) < 4.78 is 5.39. The highest BCUT2D eigenvalue weighted by Gasteiger charge is 2.23. The van der Waals surface area contributed by atoms with Crippen molar-refractivity contribution in [3.8, 4) is 5.75 Å². The molecule has 0 radical (unpaired) electrons. The van der Waals surface area contributed by atoms with E-state index < -0.39 is 4.92 Å². The van der Waals surface area contributed by atoms with Gasteiger partial charge in [0.1, 0.15) is 12.1 Å². The lowest BCUT2D eigenvalue weighted by Crippen LogP contribution is -2.05. The normalized spacial score (nSPS) is 10.2. The van der Waals surface area contributed by atoms with E-state index in [9.17, 15) is 10.1 Å². The molecule has 0 atom stereocenters. The maximum Gasteiger partial charge on any atom is 0.353 e. The summed E-state index contributed by atoms with van der Waals surface area (Å²) in [6.45, 7) is 2.47. The maximum atomic E-state index is 11.6. The highest BCUT2D eigenvalue weighted by molar-refractivity contribution is 5.76. The van der Waals surface area contributed by atoms with Gasteiger partial charge in [-0.1, -0.05) is 18.2 Å². The Morgan fingerprint density at radius 1 is 0.962 bits per heavy atom. The highest BCUT2D eigenvalue weighted by atomic mass is 16.6. The molecule has 0 aliphatic carbocycles. The lowest BCUT2D eigenvalue weighted by atomic mass is 10.3. The zero-order chi connectivity index (χ0) is 18.4. The Hall–Kier alpha value is -3.68. The van der Waals surface area contributed by atoms with Crippen molar-refractivity contribution in [2.24, 2.45) is 0 Å². The first-order chi connectivity index (χ1) is 12.7. The molecule has 3 rings (SSSR count). The third-order valence-electron chi connectivity index (χ3n) is 3.47. The molecule has 0 aliphatic heterocycles. The van der Waals surface area contributed by atoms with Crippen molar-refractivity contribution < 1.29 is 9.66 Å². The van der Waals surface area contributed by atoms with Gasteiger partial charge in [0.25, 0.3) is 0 Å². The van der Waals surface area contributed by atoms with Gasteiger partial charge in [-0.3, -0.25) is 10.1 Å². The van der Waals surface area contributed by atoms with E-state index in [2.05, 4.69) is 20.6 Å². The fourth-order valence-electron chi connectivity index (χ4n) is 2.33. The van der Waals surface area contributed by atoms with Crippen molar-refractivity contribution in [3.05, 3.63) is 71.0 Å². The highest BCUT2D eigenvalue weighted by Crippen LogP contribution is 2.33. The van der Waals surface area contributed by atoms with Crippen molar-refractivity contribution in [2.75, 3.05) is 17.2 Å². The van der Waals surface area contributed by atoms with Crippen molar-refractivity contribution in [1.29, 1.82) is 0 Å². The first kappa shape index (κ1) is 17.2. The molecule has 0 aliphatic rings. The quantitative estimate of drug-likeness (QED) is 0.484. The number of para-hydroxylation sites is 1. The lowest BCUT2D eigenvalue weighted by molar-refractivity contribution is -0.383. The molecule has 2 N–H and O–H groups in total. The molecule has 0 saturated heterocycles. The molecule has 0 saturated carbocycles. The molecule has 0 amide bonds. The Kier molecular flexibility index (Phi) is 5.23. The van der Waals surface area contributed by atoms with Gasteiger partial charge in [-0.05, 0) is 43.3 Å². The van der Waals surface area contributed by atoms with E-state index in [1.165, 1.54) is 6.33 Å². The predicted molar refractivity (Wildman–Crippen MR) is 99.3 cm³/mol. The van der Waals surface area contributed by atoms with E-state index in [0.717, 1.165) is 5.75 Å². The largest absolute Gasteiger partial charge is 0.494 e. The molecule has 0 spiro atoms. The first-order valence-corrected chi connectivity index (χ1v) is 7.98. The number of nitrogens with zero attached hydrogens (tertiary/aromatic N) is 3. The van der Waals surface area contributed by atoms with E-state index in [0.29, 0.717) is 18.0 Å². The van der Waals surface area contributed by atoms with Gasteiger partial charge in [-0.15, -0.1) is 0 Å². The molecule has 1 heterocycles. The van der Waals surface area contributed by atoms with Crippen molar-refractivity contribution in [2.45, 2.75) is 6.92 Å². The minimum absolute atomic E-state index is 0.104. The van der Waals surface area contributed by atoms with Crippen LogP contribution in [0.5, 0.6) is 5.75 Å². The predicted octanol–water partition coefficient (Wildman–Crippen LogP) is 4.27. The smallest absolute Gasteiger partial charge is 0.353 e. The standard InChI is InChI=1S/C18H17N5O3/c1-2-26-15-10-8-14(9-11-15)22-18-16(23(24)25)17(19-12-20-18)21-13-6-4-3-5-7-13/h3-12H,2H2,1H3,(H2,19,20,21,22). The molecule has 26 heavy (non-hydrogen) atoms. The Bertz CT molecular complexity index is 885. The molecule has 132 valence electrons. The van der Waals surface area contributed by atoms with E-state index in [1.807, 2.05) is 25.1 Å². The Labute approximate surface area is 150 Å². The van der Waals surface area contributed by atoms with Crippen LogP contribution < -0.4 is 15.4 Å². The Balaban J connectivity index is 1.89. The molecule has 8 heteroatoms. The number of aromatic nitrogens is 2. The molecule has 0 fully saturated rings. The summed E-state index contributed by atoms with van der Waals surface area (Å²) >= 11 is 0. The number of rotatable bonds is 7. The Morgan fingerprint density at radius 2 is 1.54 bits per heavy atom. The summed E-state index contributed by atoms with van der Waals surface area (Å²) in [7, 11) is 0. The topological polar surface area (TPSA) is 102 Å². The monoisotopic (exact) mass is 351 g/mol. The zero-order valence-corrected chi connectivity index (χ0v) is 14.0. The van der Waals surface area contributed by atoms with Crippen LogP contribution in [0.1, 0.15) is 6.92 Å². The number of nitrogens with one attached hydrogen (secondary N) is 2. The Morgan fingerprint density at radius 3 is 2.08 bits per heavy atom. The van der Waals surface area contributed by atoms with E-state index >= 15 is 0 Å². The summed E-state index contributed by atoms with van der Waals surface area (Å²) in [6, 6.07) is 16.2. The van der Waals surface area contributed by atoms with Crippen LogP contribution in [0.3, 0.4) is 0 Å². The summed E-state index contributed by atoms with van der Waals surface area (Å²) in [4.78, 5) is 19.1. The zero-order valence-electron chi connectivity index (χ0n) is 14.0. The van der Waals surface area contributed by atoms with Gasteiger partial charge in [-0.25, -0.2) is 9.97 Å². The first-order valence-electron chi connectivity index (χ1n) is 7.98. The van der Waals surface area contributed by atoms with Crippen LogP contribution in [0.15, 0.2) is 60.9 Å². The third-order valence-corrected chi connectivity index (χ3v) is 3.47. The molecule has 2 aromatic carbocycles. The van der Waals surface area contributed by atoms with Crippen LogP contribution in [-0.2, 0) is 0 Å². The summed E-state index contributed by atoms with van der Waals surface area (Å²) in [5.41, 5.74) is 1.12. The third kappa shape index (κ3) is 4.04. The molecule has 0 unspecified atom stereocenters. The molecule has 8 nitrogen and oxygen atoms in total. The minimum Gasteiger partial charge on any atom is -0.494 e. The van der Waals surface area contributed by atoms with Crippen LogP contribution in [0.25, 0.3) is 0 Å². The van der Waals surface area contributed by atoms with Crippen molar-refractivity contribution in [1.82, 2.24) is 9.97 Å². The molecule has 0 bridgehead atoms. The average Bonchev–Trinajstić information content (AvgIpc) is 2.64. The van der Waals surface area contributed by atoms with Crippen LogP contribution in [0.4, 0.5) is 28.7 Å². The number of hydrogen-bond donors (Lipinski definition) is 2. The fourth-order valence-corrected chi connectivity index (χ4v) is 2.33. The van der Waals surface area contributed by atoms with Crippen LogP contribution in [0, 0.1) is 10.1 Å². The van der Waals surface area contributed by atoms with Crippen LogP contribution in [-0.4, -0.2) is 21.5 Å². The number of hydrogen-bond acceptors (Lipinski definition) is 7. The van der Waals surface area contributed by atoms with E-state index in [4.69, 9.17) is 4.74 Å². The minimum atomic E-state index is -0.512. The molecule has 1 aromatic heterocycles. The van der Waals surface area contributed by atoms with E-state index in [1.54, 1.807) is 36.4 Å². The lowest BCUT2D eigenvalue weighted by Gasteiger charge is -2.10. The number of anilines is 4. The summed E-state index contributed by atoms with van der Waals surface area (Å²) in [5, 5.41) is 17.5. The van der Waals surface area contributed by atoms with Gasteiger partial charge < -0.3 is 15.4 Å². The second-order valence-electron chi connectivity index (χ2n) is 5.25. The number of benzene rings is 2. The molecular weight excluding hydrogens is 334 g/mol. The molecular formula is C18H17N5O3. The van der Waals surface area contributed by atoms with Crippen molar-refractivity contribution >= 4 is 28.7 Å². The maximum absolute atomic E-state index is 11.6. The summed E-state index contributed by atoms with van der Waals surface area (Å²) in [6.07, 6.45) is 1.27. The van der Waals surface area contributed by atoms with Gasteiger partial charge in [0.2, 0.25) is 11.6 Å². The molecule has 3 aromatic rings. The van der Waals surface area contributed by atoms with Gasteiger partial charge in [-0.2, -0.15) is 0 Å². The summed E-state index contributed by atoms with van der Waals surface area (Å²) in [5.74, 6) is 0.943. The average molecular weight is 351 g/mol. The van der Waals surface area contributed by atoms with Gasteiger partial charge in [0.05, 0.1) is 11.5 Å². The van der Waals surface area contributed by atoms with E-state index in [-0.39, 0.29) is 17.3 Å². The second kappa shape index (κ2) is 7.93. The number of ether oxygens (including phenoxy) is 1. The van der Waals surface area contributed by atoms with Gasteiger partial charge >= 0.3 is 5.69 Å². The van der Waals surface area contributed by atoms with Gasteiger partial charge in [0, 0.05) is 11.4 Å². The van der Waals surface area contributed by atoms with Gasteiger partial charge in [0.15, 0.2) is 0 Å².